The summed E-state index contributed by atoms with van der Waals surface area (Å²) in [4.78, 5) is 10.9. The molecule has 0 aliphatic rings. The van der Waals surface area contributed by atoms with E-state index in [0.29, 0.717) is 9.90 Å². The fourth-order valence-electron chi connectivity index (χ4n) is 1.65. The Kier molecular flexibility index (Phi) is 1.84. The van der Waals surface area contributed by atoms with E-state index < -0.39 is 0 Å². The molecule has 0 N–H and O–H groups in total. The number of thiophene rings is 1. The minimum absolute atomic E-state index is 0.535. The summed E-state index contributed by atoms with van der Waals surface area (Å²) in [5.74, 6) is 0. The van der Waals surface area contributed by atoms with Crippen LogP contribution in [0.1, 0.15) is 10.4 Å². The van der Waals surface area contributed by atoms with Crippen LogP contribution in [0.3, 0.4) is 0 Å². The summed E-state index contributed by atoms with van der Waals surface area (Å²) in [6.45, 7) is 0. The van der Waals surface area contributed by atoms with Gasteiger partial charge in [0.05, 0.1) is 11.8 Å². The molecular weight excluding hydrogens is 232 g/mol. The zero-order valence-electron chi connectivity index (χ0n) is 7.49. The average molecular weight is 237 g/mol. The molecule has 0 fully saturated rings. The van der Waals surface area contributed by atoms with Crippen molar-refractivity contribution in [2.45, 2.75) is 0 Å². The van der Waals surface area contributed by atoms with E-state index in [2.05, 4.69) is 0 Å². The SMILES string of the molecule is O=Cc1c(Cl)sc2cc3ccoc3cc12. The van der Waals surface area contributed by atoms with Gasteiger partial charge in [0.25, 0.3) is 0 Å². The molecule has 0 unspecified atom stereocenters. The predicted octanol–water partition coefficient (Wildman–Crippen LogP) is 4.11. The summed E-state index contributed by atoms with van der Waals surface area (Å²) < 4.78 is 6.83. The molecule has 0 bridgehead atoms. The van der Waals surface area contributed by atoms with Gasteiger partial charge in [0, 0.05) is 15.5 Å². The van der Waals surface area contributed by atoms with Gasteiger partial charge < -0.3 is 4.42 Å². The van der Waals surface area contributed by atoms with Crippen molar-refractivity contribution in [1.82, 2.24) is 0 Å². The maximum atomic E-state index is 10.9. The van der Waals surface area contributed by atoms with Crippen LogP contribution in [0.2, 0.25) is 4.34 Å². The molecular formula is C11H5ClO2S. The molecule has 0 atom stereocenters. The van der Waals surface area contributed by atoms with Gasteiger partial charge in [0.2, 0.25) is 0 Å². The van der Waals surface area contributed by atoms with Crippen molar-refractivity contribution < 1.29 is 9.21 Å². The van der Waals surface area contributed by atoms with E-state index in [1.807, 2.05) is 18.2 Å². The summed E-state index contributed by atoms with van der Waals surface area (Å²) in [7, 11) is 0. The lowest BCUT2D eigenvalue weighted by molar-refractivity contribution is 0.112. The van der Waals surface area contributed by atoms with E-state index >= 15 is 0 Å². The molecule has 2 heterocycles. The number of aldehydes is 1. The molecule has 15 heavy (non-hydrogen) atoms. The Bertz CT molecular complexity index is 666. The molecule has 1 aromatic carbocycles. The number of rotatable bonds is 1. The molecule has 0 radical (unpaired) electrons. The first-order valence-electron chi connectivity index (χ1n) is 4.34. The number of hydrogen-bond donors (Lipinski definition) is 0. The Morgan fingerprint density at radius 1 is 1.40 bits per heavy atom. The molecule has 0 aliphatic heterocycles. The summed E-state index contributed by atoms with van der Waals surface area (Å²) in [6, 6.07) is 5.73. The van der Waals surface area contributed by atoms with Crippen LogP contribution in [0.15, 0.2) is 28.9 Å². The third kappa shape index (κ3) is 1.20. The van der Waals surface area contributed by atoms with E-state index in [4.69, 9.17) is 16.0 Å². The number of carbonyl (C=O) groups is 1. The number of furan rings is 1. The highest BCUT2D eigenvalue weighted by Crippen LogP contribution is 2.36. The molecule has 3 rings (SSSR count). The second-order valence-corrected chi connectivity index (χ2v) is 4.87. The standard InChI is InChI=1S/C11H5ClO2S/c12-11-8(5-13)7-4-9-6(1-2-14-9)3-10(7)15-11/h1-5H. The molecule has 0 spiro atoms. The lowest BCUT2D eigenvalue weighted by atomic mass is 10.1. The molecule has 0 saturated carbocycles. The topological polar surface area (TPSA) is 30.2 Å². The van der Waals surface area contributed by atoms with Crippen LogP contribution in [-0.4, -0.2) is 6.29 Å². The van der Waals surface area contributed by atoms with Gasteiger partial charge >= 0.3 is 0 Å². The van der Waals surface area contributed by atoms with Gasteiger partial charge in [-0.2, -0.15) is 0 Å². The molecule has 74 valence electrons. The summed E-state index contributed by atoms with van der Waals surface area (Å²) in [5, 5.41) is 1.89. The zero-order chi connectivity index (χ0) is 10.4. The lowest BCUT2D eigenvalue weighted by Crippen LogP contribution is -1.75. The third-order valence-electron chi connectivity index (χ3n) is 2.37. The van der Waals surface area contributed by atoms with Crippen LogP contribution in [-0.2, 0) is 0 Å². The summed E-state index contributed by atoms with van der Waals surface area (Å²) in [5.41, 5.74) is 1.33. The van der Waals surface area contributed by atoms with Crippen molar-refractivity contribution in [3.8, 4) is 0 Å². The molecule has 4 heteroatoms. The van der Waals surface area contributed by atoms with Crippen molar-refractivity contribution in [3.05, 3.63) is 34.4 Å². The monoisotopic (exact) mass is 236 g/mol. The van der Waals surface area contributed by atoms with E-state index in [1.165, 1.54) is 11.3 Å². The Labute approximate surface area is 94.1 Å². The number of fused-ring (bicyclic) bond motifs is 2. The van der Waals surface area contributed by atoms with Crippen LogP contribution in [0, 0.1) is 0 Å². The molecule has 0 saturated heterocycles. The largest absolute Gasteiger partial charge is 0.464 e. The fraction of sp³-hybridized carbons (Fsp3) is 0. The molecule has 2 nitrogen and oxygen atoms in total. The van der Waals surface area contributed by atoms with Crippen LogP contribution >= 0.6 is 22.9 Å². The van der Waals surface area contributed by atoms with Gasteiger partial charge in [-0.15, -0.1) is 11.3 Å². The fourth-order valence-corrected chi connectivity index (χ4v) is 2.97. The Hall–Kier alpha value is -1.32. The van der Waals surface area contributed by atoms with Crippen molar-refractivity contribution in [2.24, 2.45) is 0 Å². The zero-order valence-corrected chi connectivity index (χ0v) is 9.06. The quantitative estimate of drug-likeness (QED) is 0.595. The van der Waals surface area contributed by atoms with Crippen LogP contribution in [0.4, 0.5) is 0 Å². The third-order valence-corrected chi connectivity index (χ3v) is 3.77. The van der Waals surface area contributed by atoms with Gasteiger partial charge in [-0.25, -0.2) is 0 Å². The maximum absolute atomic E-state index is 10.9. The van der Waals surface area contributed by atoms with Gasteiger partial charge in [0.15, 0.2) is 6.29 Å². The molecule has 2 aromatic heterocycles. The van der Waals surface area contributed by atoms with E-state index in [-0.39, 0.29) is 0 Å². The number of benzene rings is 1. The highest BCUT2D eigenvalue weighted by Gasteiger charge is 2.11. The highest BCUT2D eigenvalue weighted by atomic mass is 35.5. The van der Waals surface area contributed by atoms with E-state index in [1.54, 1.807) is 6.26 Å². The first-order chi connectivity index (χ1) is 7.29. The maximum Gasteiger partial charge on any atom is 0.153 e. The van der Waals surface area contributed by atoms with Gasteiger partial charge in [-0.1, -0.05) is 11.6 Å². The second kappa shape index (κ2) is 3.08. The van der Waals surface area contributed by atoms with Crippen molar-refractivity contribution in [3.63, 3.8) is 0 Å². The molecule has 0 aliphatic carbocycles. The van der Waals surface area contributed by atoms with E-state index in [0.717, 1.165) is 27.3 Å². The Morgan fingerprint density at radius 3 is 3.07 bits per heavy atom. The first kappa shape index (κ1) is 8.95. The average Bonchev–Trinajstić information content (AvgIpc) is 2.76. The number of carbonyl (C=O) groups excluding carboxylic acids is 1. The normalized spacial score (nSPS) is 11.3. The molecule has 0 amide bonds. The number of hydrogen-bond acceptors (Lipinski definition) is 3. The van der Waals surface area contributed by atoms with E-state index in [9.17, 15) is 4.79 Å². The van der Waals surface area contributed by atoms with Crippen molar-refractivity contribution >= 4 is 50.3 Å². The summed E-state index contributed by atoms with van der Waals surface area (Å²) in [6.07, 6.45) is 2.42. The smallest absolute Gasteiger partial charge is 0.153 e. The van der Waals surface area contributed by atoms with Crippen LogP contribution in [0.25, 0.3) is 21.1 Å². The first-order valence-corrected chi connectivity index (χ1v) is 5.53. The minimum atomic E-state index is 0.535. The molecule has 3 aromatic rings. The van der Waals surface area contributed by atoms with Gasteiger partial charge in [0.1, 0.15) is 9.92 Å². The lowest BCUT2D eigenvalue weighted by Gasteiger charge is -1.91. The predicted molar refractivity (Wildman–Crippen MR) is 62.0 cm³/mol. The van der Waals surface area contributed by atoms with Crippen LogP contribution < -0.4 is 0 Å². The highest BCUT2D eigenvalue weighted by molar-refractivity contribution is 7.23. The Morgan fingerprint density at radius 2 is 2.27 bits per heavy atom. The van der Waals surface area contributed by atoms with Gasteiger partial charge in [-0.3, -0.25) is 4.79 Å². The van der Waals surface area contributed by atoms with Crippen molar-refractivity contribution in [1.29, 1.82) is 0 Å². The van der Waals surface area contributed by atoms with Crippen molar-refractivity contribution in [2.75, 3.05) is 0 Å². The van der Waals surface area contributed by atoms with Crippen LogP contribution in [0.5, 0.6) is 0 Å². The second-order valence-electron chi connectivity index (χ2n) is 3.21. The minimum Gasteiger partial charge on any atom is -0.464 e. The number of halogens is 1. The summed E-state index contributed by atoms with van der Waals surface area (Å²) >= 11 is 7.38. The Balaban J connectivity index is 2.53. The van der Waals surface area contributed by atoms with Gasteiger partial charge in [-0.05, 0) is 18.2 Å².